The van der Waals surface area contributed by atoms with Crippen LogP contribution in [0.3, 0.4) is 0 Å². The lowest BCUT2D eigenvalue weighted by Crippen LogP contribution is -2.04. The van der Waals surface area contributed by atoms with Crippen molar-refractivity contribution in [1.29, 1.82) is 0 Å². The van der Waals surface area contributed by atoms with Crippen LogP contribution in [0.1, 0.15) is 38.4 Å². The Morgan fingerprint density at radius 3 is 2.65 bits per heavy atom. The lowest BCUT2D eigenvalue weighted by Gasteiger charge is -2.04. The predicted octanol–water partition coefficient (Wildman–Crippen LogP) is 5.18. The van der Waals surface area contributed by atoms with Crippen molar-refractivity contribution in [3.63, 3.8) is 0 Å². The summed E-state index contributed by atoms with van der Waals surface area (Å²) in [6, 6.07) is 14.2. The molecule has 1 aromatic carbocycles. The van der Waals surface area contributed by atoms with Gasteiger partial charge in [0.2, 0.25) is 5.55 Å². The number of hydrogen-bond acceptors (Lipinski definition) is 3. The van der Waals surface area contributed by atoms with E-state index in [-0.39, 0.29) is 0 Å². The molecule has 3 rings (SSSR count). The third-order valence-corrected chi connectivity index (χ3v) is 3.91. The van der Waals surface area contributed by atoms with Crippen molar-refractivity contribution in [1.82, 2.24) is 4.98 Å². The fourth-order valence-electron chi connectivity index (χ4n) is 2.67. The molecule has 2 aromatic heterocycles. The van der Waals surface area contributed by atoms with Crippen molar-refractivity contribution < 1.29 is 4.42 Å². The summed E-state index contributed by atoms with van der Waals surface area (Å²) in [6.45, 7) is 2.23. The van der Waals surface area contributed by atoms with E-state index in [0.29, 0.717) is 5.55 Å². The molecule has 0 bridgehead atoms. The number of aromatic nitrogens is 1. The van der Waals surface area contributed by atoms with Crippen molar-refractivity contribution in [3.8, 4) is 0 Å². The van der Waals surface area contributed by atoms with E-state index in [9.17, 15) is 0 Å². The molecule has 3 nitrogen and oxygen atoms in total. The summed E-state index contributed by atoms with van der Waals surface area (Å²) in [4.78, 5) is 8.70. The molecule has 0 aliphatic rings. The van der Waals surface area contributed by atoms with Crippen molar-refractivity contribution in [2.75, 3.05) is 0 Å². The highest BCUT2D eigenvalue weighted by Crippen LogP contribution is 2.16. The Morgan fingerprint density at radius 1 is 1.00 bits per heavy atom. The number of fused-ring (bicyclic) bond motifs is 1. The highest BCUT2D eigenvalue weighted by molar-refractivity contribution is 5.81. The number of rotatable bonds is 6. The van der Waals surface area contributed by atoms with Gasteiger partial charge in [0.15, 0.2) is 0 Å². The fourth-order valence-corrected chi connectivity index (χ4v) is 2.67. The van der Waals surface area contributed by atoms with Gasteiger partial charge in [0.05, 0.1) is 5.69 Å². The van der Waals surface area contributed by atoms with Crippen LogP contribution >= 0.6 is 0 Å². The highest BCUT2D eigenvalue weighted by Gasteiger charge is 2.03. The van der Waals surface area contributed by atoms with Crippen LogP contribution in [0, 0.1) is 0 Å². The number of aryl methyl sites for hydroxylation is 1. The van der Waals surface area contributed by atoms with E-state index >= 15 is 0 Å². The maximum atomic E-state index is 6.09. The largest absolute Gasteiger partial charge is 0.443 e. The summed E-state index contributed by atoms with van der Waals surface area (Å²) in [5.74, 6) is 1.01. The molecule has 0 aliphatic heterocycles. The molecule has 0 saturated carbocycles. The second-order valence-corrected chi connectivity index (χ2v) is 5.73. The average Bonchev–Trinajstić information content (AvgIpc) is 2.60. The summed E-state index contributed by atoms with van der Waals surface area (Å²) in [7, 11) is 0. The second-order valence-electron chi connectivity index (χ2n) is 5.73. The van der Waals surface area contributed by atoms with Crippen LogP contribution < -0.4 is 5.55 Å². The molecule has 2 heterocycles. The Morgan fingerprint density at radius 2 is 1.83 bits per heavy atom. The second kappa shape index (κ2) is 7.73. The summed E-state index contributed by atoms with van der Waals surface area (Å²) >= 11 is 0. The Hall–Kier alpha value is -2.42. The van der Waals surface area contributed by atoms with Gasteiger partial charge in [-0.15, -0.1) is 0 Å². The highest BCUT2D eigenvalue weighted by atomic mass is 16.3. The molecule has 0 unspecified atom stereocenters. The number of pyridine rings is 1. The molecule has 0 radical (unpaired) electrons. The molecular formula is C20H22N2O. The van der Waals surface area contributed by atoms with Crippen LogP contribution in [0.2, 0.25) is 0 Å². The first-order chi connectivity index (χ1) is 11.4. The van der Waals surface area contributed by atoms with E-state index in [1.54, 1.807) is 12.4 Å². The maximum absolute atomic E-state index is 6.09. The zero-order chi connectivity index (χ0) is 15.9. The number of unbranched alkanes of at least 4 members (excludes halogenated alkanes) is 3. The van der Waals surface area contributed by atoms with E-state index in [0.717, 1.165) is 29.7 Å². The van der Waals surface area contributed by atoms with Gasteiger partial charge in [0.25, 0.3) is 0 Å². The third-order valence-electron chi connectivity index (χ3n) is 3.91. The maximum Gasteiger partial charge on any atom is 0.227 e. The molecule has 0 spiro atoms. The van der Waals surface area contributed by atoms with Gasteiger partial charge in [0, 0.05) is 24.2 Å². The van der Waals surface area contributed by atoms with Crippen LogP contribution in [-0.2, 0) is 6.42 Å². The standard InChI is InChI=1S/C20H22N2O/c1-2-3-4-5-9-18-15-16-8-6-7-10-19(16)20(23-18)22-17-11-13-21-14-12-17/h6-8,10-15H,2-5,9H2,1H3. The lowest BCUT2D eigenvalue weighted by molar-refractivity contribution is 0.446. The monoisotopic (exact) mass is 306 g/mol. The van der Waals surface area contributed by atoms with E-state index < -0.39 is 0 Å². The molecule has 0 amide bonds. The molecule has 0 atom stereocenters. The molecular weight excluding hydrogens is 284 g/mol. The number of nitrogens with zero attached hydrogens (tertiary/aromatic N) is 2. The number of benzene rings is 1. The van der Waals surface area contributed by atoms with Crippen molar-refractivity contribution in [2.45, 2.75) is 39.0 Å². The summed E-state index contributed by atoms with van der Waals surface area (Å²) < 4.78 is 6.09. The van der Waals surface area contributed by atoms with Crippen molar-refractivity contribution in [2.24, 2.45) is 4.99 Å². The van der Waals surface area contributed by atoms with E-state index in [1.165, 1.54) is 24.6 Å². The minimum atomic E-state index is 0.680. The van der Waals surface area contributed by atoms with Gasteiger partial charge in [-0.25, -0.2) is 4.99 Å². The Balaban J connectivity index is 1.99. The SMILES string of the molecule is CCCCCCc1cc2ccccc2c(=Nc2ccncc2)o1. The topological polar surface area (TPSA) is 38.4 Å². The predicted molar refractivity (Wildman–Crippen MR) is 93.5 cm³/mol. The normalized spacial score (nSPS) is 12.0. The minimum absolute atomic E-state index is 0.680. The molecule has 0 fully saturated rings. The summed E-state index contributed by atoms with van der Waals surface area (Å²) in [5, 5.41) is 2.22. The van der Waals surface area contributed by atoms with Crippen LogP contribution in [0.25, 0.3) is 10.8 Å². The average molecular weight is 306 g/mol. The molecule has 0 aliphatic carbocycles. The van der Waals surface area contributed by atoms with Gasteiger partial charge < -0.3 is 4.42 Å². The quantitative estimate of drug-likeness (QED) is 0.588. The van der Waals surface area contributed by atoms with Crippen LogP contribution in [0.4, 0.5) is 5.69 Å². The van der Waals surface area contributed by atoms with Crippen molar-refractivity contribution in [3.05, 3.63) is 66.2 Å². The lowest BCUT2D eigenvalue weighted by atomic mass is 10.1. The van der Waals surface area contributed by atoms with Gasteiger partial charge in [-0.2, -0.15) is 0 Å². The zero-order valence-electron chi connectivity index (χ0n) is 13.5. The molecule has 0 N–H and O–H groups in total. The molecule has 0 saturated heterocycles. The molecule has 3 aromatic rings. The first-order valence-corrected chi connectivity index (χ1v) is 8.33. The Bertz CT molecular complexity index is 822. The molecule has 3 heteroatoms. The van der Waals surface area contributed by atoms with E-state index in [4.69, 9.17) is 4.42 Å². The molecule has 23 heavy (non-hydrogen) atoms. The van der Waals surface area contributed by atoms with Gasteiger partial charge in [-0.05, 0) is 36.1 Å². The van der Waals surface area contributed by atoms with Crippen LogP contribution in [-0.4, -0.2) is 4.98 Å². The Labute approximate surface area is 136 Å². The van der Waals surface area contributed by atoms with Crippen LogP contribution in [0.5, 0.6) is 0 Å². The molecule has 118 valence electrons. The number of hydrogen-bond donors (Lipinski definition) is 0. The van der Waals surface area contributed by atoms with Crippen LogP contribution in [0.15, 0.2) is 64.3 Å². The third kappa shape index (κ3) is 4.07. The summed E-state index contributed by atoms with van der Waals surface area (Å²) in [5.41, 5.74) is 1.54. The minimum Gasteiger partial charge on any atom is -0.443 e. The first-order valence-electron chi connectivity index (χ1n) is 8.33. The van der Waals surface area contributed by atoms with Gasteiger partial charge in [-0.3, -0.25) is 4.98 Å². The first kappa shape index (κ1) is 15.5. The van der Waals surface area contributed by atoms with Gasteiger partial charge in [0.1, 0.15) is 5.76 Å². The fraction of sp³-hybridized carbons (Fsp3) is 0.300. The van der Waals surface area contributed by atoms with E-state index in [2.05, 4.69) is 41.2 Å². The van der Waals surface area contributed by atoms with E-state index in [1.807, 2.05) is 18.2 Å². The summed E-state index contributed by atoms with van der Waals surface area (Å²) in [6.07, 6.45) is 9.38. The van der Waals surface area contributed by atoms with Gasteiger partial charge >= 0.3 is 0 Å². The van der Waals surface area contributed by atoms with Gasteiger partial charge in [-0.1, -0.05) is 44.4 Å². The Kier molecular flexibility index (Phi) is 5.20. The zero-order valence-corrected chi connectivity index (χ0v) is 13.5. The van der Waals surface area contributed by atoms with Crippen molar-refractivity contribution >= 4 is 16.5 Å². The smallest absolute Gasteiger partial charge is 0.227 e.